The molecule has 8 aromatic carbocycles. The number of fused-ring (bicyclic) bond motifs is 10. The van der Waals surface area contributed by atoms with E-state index >= 15 is 0 Å². The van der Waals surface area contributed by atoms with Crippen LogP contribution in [0.25, 0.3) is 117 Å². The third-order valence-electron chi connectivity index (χ3n) is 11.1. The van der Waals surface area contributed by atoms with Crippen molar-refractivity contribution in [3.63, 3.8) is 0 Å². The zero-order valence-electron chi connectivity index (χ0n) is 30.4. The summed E-state index contributed by atoms with van der Waals surface area (Å²) in [5, 5.41) is 6.41. The topological polar surface area (TPSA) is 69.9 Å². The van der Waals surface area contributed by atoms with Crippen LogP contribution >= 0.6 is 0 Å². The SMILES string of the molecule is c1ccc(-c2cccc(-c3nc(-c4ccc5c(c4)oc4ccccc45)nc(-c4cccc5oc6ccc7c8ccccc8n(-c8ccccc8)c7c6c45)n3)c2)cc1. The van der Waals surface area contributed by atoms with Gasteiger partial charge >= 0.3 is 0 Å². The smallest absolute Gasteiger partial charge is 0.164 e. The molecular weight excluding hydrogens is 701 g/mol. The molecule has 6 nitrogen and oxygen atoms in total. The fourth-order valence-corrected chi connectivity index (χ4v) is 8.48. The first kappa shape index (κ1) is 31.5. The highest BCUT2D eigenvalue weighted by Gasteiger charge is 2.23. The Morgan fingerprint density at radius 1 is 0.351 bits per heavy atom. The normalized spacial score (nSPS) is 11.9. The molecule has 0 bridgehead atoms. The first-order valence-corrected chi connectivity index (χ1v) is 19.0. The Balaban J connectivity index is 1.15. The molecule has 266 valence electrons. The van der Waals surface area contributed by atoms with E-state index in [4.69, 9.17) is 23.8 Å². The van der Waals surface area contributed by atoms with Crippen molar-refractivity contribution in [2.45, 2.75) is 0 Å². The molecule has 6 heteroatoms. The summed E-state index contributed by atoms with van der Waals surface area (Å²) in [5.41, 5.74) is 11.3. The highest BCUT2D eigenvalue weighted by molar-refractivity contribution is 6.26. The Bertz CT molecular complexity index is 3530. The molecule has 0 N–H and O–H groups in total. The fraction of sp³-hybridized carbons (Fsp3) is 0. The number of furan rings is 2. The predicted molar refractivity (Wildman–Crippen MR) is 230 cm³/mol. The number of nitrogens with zero attached hydrogens (tertiary/aromatic N) is 4. The number of para-hydroxylation sites is 3. The summed E-state index contributed by atoms with van der Waals surface area (Å²) < 4.78 is 15.4. The monoisotopic (exact) mass is 730 g/mol. The van der Waals surface area contributed by atoms with E-state index in [1.165, 1.54) is 5.39 Å². The standard InChI is InChI=1S/C51H30N4O2/c1-3-13-31(14-4-1)32-15-11-16-33(29-32)49-52-50(34-25-26-38-37-20-8-10-23-42(37)56-45(38)30-34)54-51(53-49)40-21-12-24-43-46(40)47-44(57-43)28-27-39-36-19-7-9-22-41(36)55(48(39)47)35-17-5-2-6-18-35/h1-30H. The minimum atomic E-state index is 0.552. The highest BCUT2D eigenvalue weighted by atomic mass is 16.3. The third kappa shape index (κ3) is 4.94. The van der Waals surface area contributed by atoms with Crippen molar-refractivity contribution in [2.24, 2.45) is 0 Å². The number of aromatic nitrogens is 4. The maximum Gasteiger partial charge on any atom is 0.164 e. The molecule has 4 heterocycles. The van der Waals surface area contributed by atoms with Gasteiger partial charge < -0.3 is 13.4 Å². The maximum atomic E-state index is 6.68. The number of hydrogen-bond donors (Lipinski definition) is 0. The molecule has 12 rings (SSSR count). The fourth-order valence-electron chi connectivity index (χ4n) is 8.48. The first-order chi connectivity index (χ1) is 28.2. The van der Waals surface area contributed by atoms with Crippen LogP contribution in [-0.2, 0) is 0 Å². The van der Waals surface area contributed by atoms with E-state index in [-0.39, 0.29) is 0 Å². The second-order valence-corrected chi connectivity index (χ2v) is 14.4. The summed E-state index contributed by atoms with van der Waals surface area (Å²) in [5.74, 6) is 1.68. The van der Waals surface area contributed by atoms with E-state index in [2.05, 4.69) is 144 Å². The summed E-state index contributed by atoms with van der Waals surface area (Å²) >= 11 is 0. The zero-order chi connectivity index (χ0) is 37.5. The lowest BCUT2D eigenvalue weighted by atomic mass is 10.0. The van der Waals surface area contributed by atoms with Crippen molar-refractivity contribution in [2.75, 3.05) is 0 Å². The average Bonchev–Trinajstić information content (AvgIpc) is 3.96. The molecule has 0 aliphatic rings. The lowest BCUT2D eigenvalue weighted by Crippen LogP contribution is -2.00. The van der Waals surface area contributed by atoms with Crippen LogP contribution in [0.3, 0.4) is 0 Å². The van der Waals surface area contributed by atoms with E-state index in [1.54, 1.807) is 0 Å². The van der Waals surface area contributed by atoms with Gasteiger partial charge in [0.25, 0.3) is 0 Å². The third-order valence-corrected chi connectivity index (χ3v) is 11.1. The number of hydrogen-bond acceptors (Lipinski definition) is 5. The van der Waals surface area contributed by atoms with E-state index in [9.17, 15) is 0 Å². The largest absolute Gasteiger partial charge is 0.456 e. The molecule has 0 saturated carbocycles. The Morgan fingerprint density at radius 3 is 1.81 bits per heavy atom. The zero-order valence-corrected chi connectivity index (χ0v) is 30.4. The number of rotatable bonds is 5. The Kier molecular flexibility index (Phi) is 6.83. The Hall–Kier alpha value is -7.83. The molecule has 0 unspecified atom stereocenters. The maximum absolute atomic E-state index is 6.68. The quantitative estimate of drug-likeness (QED) is 0.176. The molecule has 0 aliphatic carbocycles. The van der Waals surface area contributed by atoms with Crippen LogP contribution in [0.5, 0.6) is 0 Å². The van der Waals surface area contributed by atoms with Gasteiger partial charge in [0.05, 0.1) is 16.4 Å². The number of benzene rings is 8. The van der Waals surface area contributed by atoms with Crippen molar-refractivity contribution in [1.82, 2.24) is 19.5 Å². The summed E-state index contributed by atoms with van der Waals surface area (Å²) in [6.45, 7) is 0. The Labute approximate surface area is 325 Å². The van der Waals surface area contributed by atoms with Crippen molar-refractivity contribution < 1.29 is 8.83 Å². The van der Waals surface area contributed by atoms with Gasteiger partial charge in [-0.25, -0.2) is 15.0 Å². The Morgan fingerprint density at radius 2 is 0.947 bits per heavy atom. The molecule has 0 radical (unpaired) electrons. The minimum absolute atomic E-state index is 0.552. The van der Waals surface area contributed by atoms with Crippen molar-refractivity contribution in [3.05, 3.63) is 182 Å². The lowest BCUT2D eigenvalue weighted by molar-refractivity contribution is 0.669. The van der Waals surface area contributed by atoms with Crippen molar-refractivity contribution in [1.29, 1.82) is 0 Å². The van der Waals surface area contributed by atoms with E-state index in [1.807, 2.05) is 42.5 Å². The van der Waals surface area contributed by atoms with Crippen LogP contribution in [0.15, 0.2) is 191 Å². The average molecular weight is 731 g/mol. The molecule has 0 saturated heterocycles. The van der Waals surface area contributed by atoms with E-state index in [0.717, 1.165) is 93.8 Å². The second kappa shape index (κ2) is 12.3. The lowest BCUT2D eigenvalue weighted by Gasteiger charge is -2.11. The van der Waals surface area contributed by atoms with Gasteiger partial charge in [-0.3, -0.25) is 0 Å². The van der Waals surface area contributed by atoms with Crippen LogP contribution in [0.4, 0.5) is 0 Å². The molecule has 0 atom stereocenters. The van der Waals surface area contributed by atoms with Crippen molar-refractivity contribution >= 4 is 65.7 Å². The molecule has 4 aromatic heterocycles. The van der Waals surface area contributed by atoms with Gasteiger partial charge in [-0.15, -0.1) is 0 Å². The highest BCUT2D eigenvalue weighted by Crippen LogP contribution is 2.44. The van der Waals surface area contributed by atoms with Gasteiger partial charge in [0.1, 0.15) is 22.3 Å². The summed E-state index contributed by atoms with van der Waals surface area (Å²) in [4.78, 5) is 15.7. The van der Waals surface area contributed by atoms with E-state index < -0.39 is 0 Å². The van der Waals surface area contributed by atoms with Crippen LogP contribution < -0.4 is 0 Å². The second-order valence-electron chi connectivity index (χ2n) is 14.4. The van der Waals surface area contributed by atoms with Gasteiger partial charge in [-0.1, -0.05) is 121 Å². The minimum Gasteiger partial charge on any atom is -0.456 e. The summed E-state index contributed by atoms with van der Waals surface area (Å²) in [6, 6.07) is 62.6. The predicted octanol–water partition coefficient (Wildman–Crippen LogP) is 13.4. The van der Waals surface area contributed by atoms with Crippen molar-refractivity contribution in [3.8, 4) is 51.0 Å². The molecule has 57 heavy (non-hydrogen) atoms. The van der Waals surface area contributed by atoms with Gasteiger partial charge in [0.15, 0.2) is 17.5 Å². The molecular formula is C51H30N4O2. The molecule has 0 aliphatic heterocycles. The van der Waals surface area contributed by atoms with Gasteiger partial charge in [0, 0.05) is 49.3 Å². The van der Waals surface area contributed by atoms with E-state index in [0.29, 0.717) is 17.5 Å². The molecule has 0 amide bonds. The van der Waals surface area contributed by atoms with Gasteiger partial charge in [0.2, 0.25) is 0 Å². The van der Waals surface area contributed by atoms with Crippen LogP contribution in [0, 0.1) is 0 Å². The van der Waals surface area contributed by atoms with Crippen LogP contribution in [0.2, 0.25) is 0 Å². The van der Waals surface area contributed by atoms with Crippen LogP contribution in [-0.4, -0.2) is 19.5 Å². The first-order valence-electron chi connectivity index (χ1n) is 19.0. The summed E-state index contributed by atoms with van der Waals surface area (Å²) in [7, 11) is 0. The van der Waals surface area contributed by atoms with Crippen LogP contribution in [0.1, 0.15) is 0 Å². The van der Waals surface area contributed by atoms with Gasteiger partial charge in [-0.2, -0.15) is 0 Å². The molecule has 0 spiro atoms. The molecule has 12 aromatic rings. The van der Waals surface area contributed by atoms with Gasteiger partial charge in [-0.05, 0) is 71.8 Å². The molecule has 0 fully saturated rings. The summed E-state index contributed by atoms with van der Waals surface area (Å²) in [6.07, 6.45) is 0.